The maximum Gasteiger partial charge on any atom is 0.221 e. The predicted octanol–water partition coefficient (Wildman–Crippen LogP) is 3.90. The molecule has 0 aromatic heterocycles. The lowest BCUT2D eigenvalue weighted by Gasteiger charge is -2.13. The van der Waals surface area contributed by atoms with Crippen LogP contribution in [0.3, 0.4) is 0 Å². The zero-order chi connectivity index (χ0) is 15.1. The molecule has 0 aliphatic carbocycles. The first-order chi connectivity index (χ1) is 10.1. The molecule has 0 unspecified atom stereocenters. The molecule has 1 amide bonds. The van der Waals surface area contributed by atoms with Gasteiger partial charge in [0, 0.05) is 17.9 Å². The molecule has 0 fully saturated rings. The minimum Gasteiger partial charge on any atom is -0.492 e. The summed E-state index contributed by atoms with van der Waals surface area (Å²) < 4.78 is 6.56. The molecule has 0 saturated heterocycles. The topological polar surface area (TPSA) is 50.4 Å². The fourth-order valence-electron chi connectivity index (χ4n) is 1.83. The fraction of sp³-hybridized carbons (Fsp3) is 0.188. The first kappa shape index (κ1) is 15.4. The van der Waals surface area contributed by atoms with Crippen molar-refractivity contribution in [1.29, 1.82) is 0 Å². The largest absolute Gasteiger partial charge is 0.492 e. The SMILES string of the molecule is CC(=O)Nc1ccc(Br)cc1NCCOc1ccccc1. The normalized spacial score (nSPS) is 10.0. The van der Waals surface area contributed by atoms with Gasteiger partial charge in [-0.15, -0.1) is 0 Å². The van der Waals surface area contributed by atoms with Crippen molar-refractivity contribution in [3.05, 3.63) is 53.0 Å². The number of benzene rings is 2. The second-order valence-electron chi connectivity index (χ2n) is 4.46. The minimum atomic E-state index is -0.0964. The van der Waals surface area contributed by atoms with E-state index >= 15 is 0 Å². The molecule has 4 nitrogen and oxygen atoms in total. The van der Waals surface area contributed by atoms with Gasteiger partial charge in [0.15, 0.2) is 0 Å². The quantitative estimate of drug-likeness (QED) is 0.778. The molecule has 0 spiro atoms. The number of rotatable bonds is 6. The van der Waals surface area contributed by atoms with Crippen LogP contribution in [0.2, 0.25) is 0 Å². The van der Waals surface area contributed by atoms with Crippen LogP contribution in [-0.2, 0) is 4.79 Å². The number of hydrogen-bond donors (Lipinski definition) is 2. The Morgan fingerprint density at radius 3 is 2.62 bits per heavy atom. The zero-order valence-electron chi connectivity index (χ0n) is 11.7. The molecule has 0 radical (unpaired) electrons. The first-order valence-corrected chi connectivity index (χ1v) is 7.43. The molecule has 2 N–H and O–H groups in total. The van der Waals surface area contributed by atoms with Gasteiger partial charge in [0.1, 0.15) is 12.4 Å². The summed E-state index contributed by atoms with van der Waals surface area (Å²) in [6, 6.07) is 15.3. The van der Waals surface area contributed by atoms with E-state index in [1.165, 1.54) is 6.92 Å². The van der Waals surface area contributed by atoms with E-state index in [2.05, 4.69) is 26.6 Å². The number of para-hydroxylation sites is 1. The summed E-state index contributed by atoms with van der Waals surface area (Å²) >= 11 is 3.42. The number of carbonyl (C=O) groups is 1. The number of amides is 1. The van der Waals surface area contributed by atoms with Crippen LogP contribution >= 0.6 is 15.9 Å². The molecule has 110 valence electrons. The Balaban J connectivity index is 1.90. The highest BCUT2D eigenvalue weighted by Crippen LogP contribution is 2.25. The Labute approximate surface area is 132 Å². The van der Waals surface area contributed by atoms with Gasteiger partial charge in [-0.3, -0.25) is 4.79 Å². The lowest BCUT2D eigenvalue weighted by atomic mass is 10.2. The van der Waals surface area contributed by atoms with E-state index in [0.29, 0.717) is 13.2 Å². The molecule has 21 heavy (non-hydrogen) atoms. The summed E-state index contributed by atoms with van der Waals surface area (Å²) in [5.74, 6) is 0.747. The van der Waals surface area contributed by atoms with Gasteiger partial charge < -0.3 is 15.4 Å². The maximum atomic E-state index is 11.2. The summed E-state index contributed by atoms with van der Waals surface area (Å²) in [6.45, 7) is 2.66. The highest BCUT2D eigenvalue weighted by molar-refractivity contribution is 9.10. The van der Waals surface area contributed by atoms with Crippen molar-refractivity contribution in [3.8, 4) is 5.75 Å². The average molecular weight is 349 g/mol. The van der Waals surface area contributed by atoms with Crippen LogP contribution in [-0.4, -0.2) is 19.1 Å². The highest BCUT2D eigenvalue weighted by Gasteiger charge is 2.04. The molecule has 5 heteroatoms. The average Bonchev–Trinajstić information content (AvgIpc) is 2.47. The van der Waals surface area contributed by atoms with Crippen LogP contribution in [0.1, 0.15) is 6.92 Å². The third kappa shape index (κ3) is 5.11. The van der Waals surface area contributed by atoms with Crippen LogP contribution in [0.5, 0.6) is 5.75 Å². The molecule has 0 saturated carbocycles. The van der Waals surface area contributed by atoms with Crippen LogP contribution in [0.15, 0.2) is 53.0 Å². The summed E-state index contributed by atoms with van der Waals surface area (Å²) in [7, 11) is 0. The van der Waals surface area contributed by atoms with E-state index in [1.807, 2.05) is 48.5 Å². The second-order valence-corrected chi connectivity index (χ2v) is 5.38. The van der Waals surface area contributed by atoms with Crippen molar-refractivity contribution in [2.75, 3.05) is 23.8 Å². The van der Waals surface area contributed by atoms with Crippen LogP contribution in [0.25, 0.3) is 0 Å². The van der Waals surface area contributed by atoms with Gasteiger partial charge in [-0.25, -0.2) is 0 Å². The molecular weight excluding hydrogens is 332 g/mol. The van der Waals surface area contributed by atoms with Gasteiger partial charge in [-0.05, 0) is 30.3 Å². The fourth-order valence-corrected chi connectivity index (χ4v) is 2.19. The Bertz CT molecular complexity index is 602. The van der Waals surface area contributed by atoms with Gasteiger partial charge in [-0.2, -0.15) is 0 Å². The third-order valence-corrected chi connectivity index (χ3v) is 3.22. The molecule has 2 rings (SSSR count). The summed E-state index contributed by atoms with van der Waals surface area (Å²) in [4.78, 5) is 11.2. The Morgan fingerprint density at radius 2 is 1.90 bits per heavy atom. The van der Waals surface area contributed by atoms with E-state index in [1.54, 1.807) is 0 Å². The van der Waals surface area contributed by atoms with Crippen molar-refractivity contribution in [3.63, 3.8) is 0 Å². The third-order valence-electron chi connectivity index (χ3n) is 2.72. The van der Waals surface area contributed by atoms with Crippen LogP contribution in [0, 0.1) is 0 Å². The van der Waals surface area contributed by atoms with E-state index in [-0.39, 0.29) is 5.91 Å². The Hall–Kier alpha value is -2.01. The van der Waals surface area contributed by atoms with E-state index in [0.717, 1.165) is 21.6 Å². The van der Waals surface area contributed by atoms with Gasteiger partial charge in [0.05, 0.1) is 11.4 Å². The van der Waals surface area contributed by atoms with E-state index in [9.17, 15) is 4.79 Å². The minimum absolute atomic E-state index is 0.0964. The highest BCUT2D eigenvalue weighted by atomic mass is 79.9. The number of halogens is 1. The zero-order valence-corrected chi connectivity index (χ0v) is 13.3. The number of carbonyl (C=O) groups excluding carboxylic acids is 1. The van der Waals surface area contributed by atoms with Gasteiger partial charge >= 0.3 is 0 Å². The summed E-state index contributed by atoms with van der Waals surface area (Å²) in [5, 5.41) is 6.06. The van der Waals surface area contributed by atoms with Crippen molar-refractivity contribution in [1.82, 2.24) is 0 Å². The Morgan fingerprint density at radius 1 is 1.14 bits per heavy atom. The van der Waals surface area contributed by atoms with Crippen molar-refractivity contribution in [2.24, 2.45) is 0 Å². The van der Waals surface area contributed by atoms with Gasteiger partial charge in [-0.1, -0.05) is 34.1 Å². The first-order valence-electron chi connectivity index (χ1n) is 6.64. The molecule has 0 aliphatic heterocycles. The van der Waals surface area contributed by atoms with Crippen molar-refractivity contribution >= 4 is 33.2 Å². The lowest BCUT2D eigenvalue weighted by Crippen LogP contribution is -2.14. The molecule has 2 aromatic carbocycles. The Kier molecular flexibility index (Phi) is 5.63. The molecule has 0 aliphatic rings. The van der Waals surface area contributed by atoms with Crippen molar-refractivity contribution < 1.29 is 9.53 Å². The number of anilines is 2. The number of hydrogen-bond acceptors (Lipinski definition) is 3. The molecule has 2 aromatic rings. The lowest BCUT2D eigenvalue weighted by molar-refractivity contribution is -0.114. The number of nitrogens with one attached hydrogen (secondary N) is 2. The van der Waals surface area contributed by atoms with Crippen LogP contribution < -0.4 is 15.4 Å². The standard InChI is InChI=1S/C16H17BrN2O2/c1-12(20)19-15-8-7-13(17)11-16(15)18-9-10-21-14-5-3-2-4-6-14/h2-8,11,18H,9-10H2,1H3,(H,19,20). The monoisotopic (exact) mass is 348 g/mol. The van der Waals surface area contributed by atoms with E-state index in [4.69, 9.17) is 4.74 Å². The molecular formula is C16H17BrN2O2. The number of ether oxygens (including phenoxy) is 1. The molecule has 0 bridgehead atoms. The van der Waals surface area contributed by atoms with Crippen LogP contribution in [0.4, 0.5) is 11.4 Å². The second kappa shape index (κ2) is 7.69. The molecule has 0 atom stereocenters. The van der Waals surface area contributed by atoms with Gasteiger partial charge in [0.25, 0.3) is 0 Å². The summed E-state index contributed by atoms with van der Waals surface area (Å²) in [6.07, 6.45) is 0. The smallest absolute Gasteiger partial charge is 0.221 e. The van der Waals surface area contributed by atoms with Gasteiger partial charge in [0.2, 0.25) is 5.91 Å². The maximum absolute atomic E-state index is 11.2. The predicted molar refractivity (Wildman–Crippen MR) is 88.9 cm³/mol. The van der Waals surface area contributed by atoms with E-state index < -0.39 is 0 Å². The summed E-state index contributed by atoms with van der Waals surface area (Å²) in [5.41, 5.74) is 1.61. The van der Waals surface area contributed by atoms with Crippen molar-refractivity contribution in [2.45, 2.75) is 6.92 Å². The molecule has 0 heterocycles.